The fourth-order valence-corrected chi connectivity index (χ4v) is 3.22. The van der Waals surface area contributed by atoms with Gasteiger partial charge in [-0.15, -0.1) is 0 Å². The average molecular weight is 302 g/mol. The topological polar surface area (TPSA) is 46.3 Å². The minimum atomic E-state index is -0.496. The van der Waals surface area contributed by atoms with Crippen LogP contribution >= 0.6 is 0 Å². The number of hydrogen-bond donors (Lipinski definition) is 1. The minimum Gasteiger partial charge on any atom is -0.341 e. The quantitative estimate of drug-likeness (QED) is 0.932. The van der Waals surface area contributed by atoms with Gasteiger partial charge in [-0.2, -0.15) is 0 Å². The Bertz CT molecular complexity index is 531. The summed E-state index contributed by atoms with van der Waals surface area (Å²) in [7, 11) is 0. The van der Waals surface area contributed by atoms with Crippen LogP contribution < -0.4 is 5.73 Å². The molecule has 0 aliphatic carbocycles. The second-order valence-corrected chi connectivity index (χ2v) is 7.79. The Labute approximate surface area is 134 Å². The summed E-state index contributed by atoms with van der Waals surface area (Å²) in [5.41, 5.74) is 8.06. The molecule has 2 rings (SSSR count). The Morgan fingerprint density at radius 3 is 2.41 bits per heavy atom. The van der Waals surface area contributed by atoms with Crippen LogP contribution in [-0.2, 0) is 16.6 Å². The first kappa shape index (κ1) is 17.0. The summed E-state index contributed by atoms with van der Waals surface area (Å²) in [6.45, 7) is 12.0. The van der Waals surface area contributed by atoms with Crippen molar-refractivity contribution in [3.05, 3.63) is 35.4 Å². The van der Waals surface area contributed by atoms with E-state index in [4.69, 9.17) is 5.73 Å². The minimum absolute atomic E-state index is 0.0178. The van der Waals surface area contributed by atoms with E-state index in [0.717, 1.165) is 31.5 Å². The van der Waals surface area contributed by atoms with E-state index in [2.05, 4.69) is 45.0 Å². The number of piperidine rings is 1. The summed E-state index contributed by atoms with van der Waals surface area (Å²) in [6, 6.07) is 8.61. The molecule has 122 valence electrons. The lowest BCUT2D eigenvalue weighted by molar-refractivity contribution is -0.139. The van der Waals surface area contributed by atoms with E-state index in [9.17, 15) is 4.79 Å². The van der Waals surface area contributed by atoms with Crippen LogP contribution in [0.1, 0.15) is 52.2 Å². The molecule has 1 atom stereocenters. The Morgan fingerprint density at radius 2 is 1.91 bits per heavy atom. The van der Waals surface area contributed by atoms with E-state index in [1.54, 1.807) is 0 Å². The Kier molecular flexibility index (Phi) is 4.67. The van der Waals surface area contributed by atoms with Gasteiger partial charge in [-0.1, -0.05) is 45.0 Å². The molecule has 0 bridgehead atoms. The molecular weight excluding hydrogens is 272 g/mol. The zero-order valence-electron chi connectivity index (χ0n) is 14.6. The predicted octanol–water partition coefficient (Wildman–Crippen LogP) is 3.11. The summed E-state index contributed by atoms with van der Waals surface area (Å²) in [5.74, 6) is 0.205. The molecule has 22 heavy (non-hydrogen) atoms. The van der Waals surface area contributed by atoms with Crippen LogP contribution in [0.2, 0.25) is 0 Å². The summed E-state index contributed by atoms with van der Waals surface area (Å²) < 4.78 is 0. The molecule has 1 amide bonds. The first-order valence-corrected chi connectivity index (χ1v) is 8.33. The predicted molar refractivity (Wildman–Crippen MR) is 91.8 cm³/mol. The van der Waals surface area contributed by atoms with Crippen LogP contribution in [0.15, 0.2) is 24.3 Å². The molecule has 1 fully saturated rings. The third-order valence-corrected chi connectivity index (χ3v) is 5.22. The molecule has 0 aromatic heterocycles. The van der Waals surface area contributed by atoms with Gasteiger partial charge in [0.25, 0.3) is 0 Å². The molecule has 1 aromatic carbocycles. The monoisotopic (exact) mass is 302 g/mol. The normalized spacial score (nSPS) is 21.7. The molecule has 1 heterocycles. The number of aryl methyl sites for hydroxylation is 1. The van der Waals surface area contributed by atoms with E-state index >= 15 is 0 Å². The molecule has 1 aliphatic rings. The molecule has 2 N–H and O–H groups in total. The maximum Gasteiger partial charge on any atom is 0.232 e. The van der Waals surface area contributed by atoms with Crippen molar-refractivity contribution in [3.8, 4) is 0 Å². The standard InChI is InChI=1S/C19H30N2O/c1-6-14-7-9-15(10-8-14)19(4,5)17(22)21-12-11-16(20)18(2,3)13-21/h7-10,16H,6,11-13,20H2,1-5H3. The van der Waals surface area contributed by atoms with Crippen LogP contribution in [0.5, 0.6) is 0 Å². The van der Waals surface area contributed by atoms with Crippen molar-refractivity contribution in [2.24, 2.45) is 11.1 Å². The van der Waals surface area contributed by atoms with Crippen LogP contribution in [0, 0.1) is 5.41 Å². The fraction of sp³-hybridized carbons (Fsp3) is 0.632. The molecule has 0 saturated carbocycles. The number of amides is 1. The van der Waals surface area contributed by atoms with E-state index in [1.165, 1.54) is 5.56 Å². The van der Waals surface area contributed by atoms with Crippen molar-refractivity contribution < 1.29 is 4.79 Å². The first-order chi connectivity index (χ1) is 10.2. The van der Waals surface area contributed by atoms with Crippen molar-refractivity contribution in [1.29, 1.82) is 0 Å². The summed E-state index contributed by atoms with van der Waals surface area (Å²) in [4.78, 5) is 15.1. The maximum absolute atomic E-state index is 13.1. The number of nitrogens with zero attached hydrogens (tertiary/aromatic N) is 1. The highest BCUT2D eigenvalue weighted by atomic mass is 16.2. The number of carbonyl (C=O) groups is 1. The summed E-state index contributed by atoms with van der Waals surface area (Å²) in [5, 5.41) is 0. The average Bonchev–Trinajstić information content (AvgIpc) is 2.49. The van der Waals surface area contributed by atoms with Gasteiger partial charge in [-0.25, -0.2) is 0 Å². The van der Waals surface area contributed by atoms with Gasteiger partial charge in [-0.05, 0) is 43.2 Å². The number of nitrogens with two attached hydrogens (primary N) is 1. The largest absolute Gasteiger partial charge is 0.341 e. The maximum atomic E-state index is 13.1. The van der Waals surface area contributed by atoms with Gasteiger partial charge < -0.3 is 10.6 Å². The van der Waals surface area contributed by atoms with Crippen molar-refractivity contribution in [3.63, 3.8) is 0 Å². The molecular formula is C19H30N2O. The van der Waals surface area contributed by atoms with Crippen molar-refractivity contribution in [2.45, 2.75) is 58.9 Å². The molecule has 1 aliphatic heterocycles. The van der Waals surface area contributed by atoms with Gasteiger partial charge in [0.05, 0.1) is 5.41 Å². The van der Waals surface area contributed by atoms with E-state index in [-0.39, 0.29) is 17.4 Å². The van der Waals surface area contributed by atoms with Gasteiger partial charge in [0.2, 0.25) is 5.91 Å². The SMILES string of the molecule is CCc1ccc(C(C)(C)C(=O)N2CCC(N)C(C)(C)C2)cc1. The Hall–Kier alpha value is -1.35. The van der Waals surface area contributed by atoms with Crippen molar-refractivity contribution in [1.82, 2.24) is 4.90 Å². The number of hydrogen-bond acceptors (Lipinski definition) is 2. The second kappa shape index (κ2) is 6.04. The molecule has 0 radical (unpaired) electrons. The number of likely N-dealkylation sites (tertiary alicyclic amines) is 1. The molecule has 0 spiro atoms. The lowest BCUT2D eigenvalue weighted by Crippen LogP contribution is -2.56. The van der Waals surface area contributed by atoms with Gasteiger partial charge >= 0.3 is 0 Å². The molecule has 3 heteroatoms. The molecule has 3 nitrogen and oxygen atoms in total. The lowest BCUT2D eigenvalue weighted by Gasteiger charge is -2.45. The van der Waals surface area contributed by atoms with E-state index in [0.29, 0.717) is 0 Å². The highest BCUT2D eigenvalue weighted by molar-refractivity contribution is 5.87. The first-order valence-electron chi connectivity index (χ1n) is 8.33. The van der Waals surface area contributed by atoms with Gasteiger partial charge in [-0.3, -0.25) is 4.79 Å². The summed E-state index contributed by atoms with van der Waals surface area (Å²) >= 11 is 0. The van der Waals surface area contributed by atoms with E-state index in [1.807, 2.05) is 18.7 Å². The smallest absolute Gasteiger partial charge is 0.232 e. The number of carbonyl (C=O) groups excluding carboxylic acids is 1. The number of benzene rings is 1. The van der Waals surface area contributed by atoms with Crippen LogP contribution in [0.25, 0.3) is 0 Å². The third-order valence-electron chi connectivity index (χ3n) is 5.22. The van der Waals surface area contributed by atoms with Gasteiger partial charge in [0.15, 0.2) is 0 Å². The van der Waals surface area contributed by atoms with Crippen molar-refractivity contribution in [2.75, 3.05) is 13.1 Å². The van der Waals surface area contributed by atoms with Crippen LogP contribution in [0.3, 0.4) is 0 Å². The van der Waals surface area contributed by atoms with Gasteiger partial charge in [0.1, 0.15) is 0 Å². The molecule has 1 aromatic rings. The van der Waals surface area contributed by atoms with Crippen LogP contribution in [-0.4, -0.2) is 29.9 Å². The van der Waals surface area contributed by atoms with E-state index < -0.39 is 5.41 Å². The second-order valence-electron chi connectivity index (χ2n) is 7.79. The molecule has 1 saturated heterocycles. The summed E-state index contributed by atoms with van der Waals surface area (Å²) in [6.07, 6.45) is 1.90. The van der Waals surface area contributed by atoms with Crippen LogP contribution in [0.4, 0.5) is 0 Å². The zero-order valence-corrected chi connectivity index (χ0v) is 14.6. The highest BCUT2D eigenvalue weighted by Gasteiger charge is 2.40. The fourth-order valence-electron chi connectivity index (χ4n) is 3.22. The Balaban J connectivity index is 2.19. The highest BCUT2D eigenvalue weighted by Crippen LogP contribution is 2.32. The molecule has 1 unspecified atom stereocenters. The van der Waals surface area contributed by atoms with Gasteiger partial charge in [0, 0.05) is 19.1 Å². The lowest BCUT2D eigenvalue weighted by atomic mass is 9.77. The third kappa shape index (κ3) is 3.19. The Morgan fingerprint density at radius 1 is 1.32 bits per heavy atom. The number of rotatable bonds is 3. The van der Waals surface area contributed by atoms with Crippen molar-refractivity contribution >= 4 is 5.91 Å². The zero-order chi connectivity index (χ0) is 16.5.